The van der Waals surface area contributed by atoms with E-state index in [1.807, 2.05) is 49.4 Å². The highest BCUT2D eigenvalue weighted by molar-refractivity contribution is 7.99. The summed E-state index contributed by atoms with van der Waals surface area (Å²) in [6, 6.07) is 17.8. The number of para-hydroxylation sites is 1. The minimum absolute atomic E-state index is 0.195. The highest BCUT2D eigenvalue weighted by Gasteiger charge is 2.20. The first-order chi connectivity index (χ1) is 12.3. The van der Waals surface area contributed by atoms with Gasteiger partial charge < -0.3 is 14.5 Å². The fourth-order valence-electron chi connectivity index (χ4n) is 2.56. The van der Waals surface area contributed by atoms with Gasteiger partial charge in [-0.15, -0.1) is 11.8 Å². The molecule has 3 aromatic rings. The Labute approximate surface area is 151 Å². The first-order valence-corrected chi connectivity index (χ1v) is 9.32. The lowest BCUT2D eigenvalue weighted by Crippen LogP contribution is -2.26. The van der Waals surface area contributed by atoms with Gasteiger partial charge >= 0.3 is 0 Å². The van der Waals surface area contributed by atoms with Crippen molar-refractivity contribution in [1.82, 2.24) is 5.32 Å². The van der Waals surface area contributed by atoms with Crippen LogP contribution in [0.15, 0.2) is 63.9 Å². The number of rotatable bonds is 8. The van der Waals surface area contributed by atoms with Crippen molar-refractivity contribution in [3.8, 4) is 0 Å². The summed E-state index contributed by atoms with van der Waals surface area (Å²) in [7, 11) is 0. The van der Waals surface area contributed by atoms with Gasteiger partial charge in [0.1, 0.15) is 5.58 Å². The number of benzene rings is 2. The van der Waals surface area contributed by atoms with E-state index in [-0.39, 0.29) is 5.91 Å². The fraction of sp³-hybridized carbons (Fsp3) is 0.250. The molecule has 0 atom stereocenters. The van der Waals surface area contributed by atoms with Crippen molar-refractivity contribution in [2.24, 2.45) is 0 Å². The van der Waals surface area contributed by atoms with Crippen LogP contribution in [0.1, 0.15) is 23.0 Å². The number of ether oxygens (including phenoxy) is 1. The Balaban J connectivity index is 1.64. The molecule has 0 saturated heterocycles. The molecule has 0 unspecified atom stereocenters. The quantitative estimate of drug-likeness (QED) is 0.478. The molecule has 1 N–H and O–H groups in total. The third-order valence-corrected chi connectivity index (χ3v) is 4.77. The maximum atomic E-state index is 12.5. The van der Waals surface area contributed by atoms with E-state index in [0.717, 1.165) is 16.7 Å². The van der Waals surface area contributed by atoms with Crippen molar-refractivity contribution in [2.75, 3.05) is 18.9 Å². The summed E-state index contributed by atoms with van der Waals surface area (Å²) < 4.78 is 11.3. The third-order valence-electron chi connectivity index (χ3n) is 3.75. The molecular weight excluding hydrogens is 334 g/mol. The minimum Gasteiger partial charge on any atom is -0.451 e. The topological polar surface area (TPSA) is 51.5 Å². The molecule has 0 spiro atoms. The van der Waals surface area contributed by atoms with Crippen LogP contribution < -0.4 is 5.32 Å². The van der Waals surface area contributed by atoms with Crippen LogP contribution in [0.2, 0.25) is 0 Å². The van der Waals surface area contributed by atoms with Crippen molar-refractivity contribution >= 4 is 28.6 Å². The van der Waals surface area contributed by atoms with Crippen molar-refractivity contribution in [3.63, 3.8) is 0 Å². The van der Waals surface area contributed by atoms with Crippen LogP contribution in [0.4, 0.5) is 0 Å². The standard InChI is InChI=1S/C20H21NO3S/c1-2-23-14-17-16-10-6-7-11-18(16)24-19(17)20(22)21-12-13-25-15-8-4-3-5-9-15/h3-11H,2,12-14H2,1H3,(H,21,22). The molecule has 0 aliphatic carbocycles. The molecule has 4 nitrogen and oxygen atoms in total. The van der Waals surface area contributed by atoms with Crippen molar-refractivity contribution in [2.45, 2.75) is 18.4 Å². The highest BCUT2D eigenvalue weighted by Crippen LogP contribution is 2.26. The number of carbonyl (C=O) groups is 1. The lowest BCUT2D eigenvalue weighted by atomic mass is 10.1. The van der Waals surface area contributed by atoms with Gasteiger partial charge in [0.15, 0.2) is 5.76 Å². The molecule has 1 aromatic heterocycles. The second-order valence-corrected chi connectivity index (χ2v) is 6.63. The second-order valence-electron chi connectivity index (χ2n) is 5.46. The van der Waals surface area contributed by atoms with Crippen LogP contribution in [0.3, 0.4) is 0 Å². The van der Waals surface area contributed by atoms with Crippen LogP contribution in [-0.4, -0.2) is 24.8 Å². The Morgan fingerprint density at radius 2 is 1.88 bits per heavy atom. The summed E-state index contributed by atoms with van der Waals surface area (Å²) in [5, 5.41) is 3.87. The van der Waals surface area contributed by atoms with Gasteiger partial charge in [0.05, 0.1) is 6.61 Å². The van der Waals surface area contributed by atoms with E-state index >= 15 is 0 Å². The van der Waals surface area contributed by atoms with Crippen LogP contribution in [0.25, 0.3) is 11.0 Å². The van der Waals surface area contributed by atoms with E-state index in [2.05, 4.69) is 17.4 Å². The summed E-state index contributed by atoms with van der Waals surface area (Å²) in [5.41, 5.74) is 1.52. The Morgan fingerprint density at radius 3 is 2.68 bits per heavy atom. The number of amides is 1. The number of nitrogens with one attached hydrogen (secondary N) is 1. The predicted molar refractivity (Wildman–Crippen MR) is 101 cm³/mol. The molecule has 2 aromatic carbocycles. The Kier molecular flexibility index (Phi) is 6.14. The first kappa shape index (κ1) is 17.6. The lowest BCUT2D eigenvalue weighted by molar-refractivity contribution is 0.0917. The van der Waals surface area contributed by atoms with Gasteiger partial charge in [-0.2, -0.15) is 0 Å². The molecule has 0 bridgehead atoms. The number of carbonyl (C=O) groups excluding carboxylic acids is 1. The number of hydrogen-bond donors (Lipinski definition) is 1. The molecule has 3 rings (SSSR count). The number of thioether (sulfide) groups is 1. The Morgan fingerprint density at radius 1 is 1.12 bits per heavy atom. The minimum atomic E-state index is -0.195. The molecule has 0 fully saturated rings. The average molecular weight is 355 g/mol. The Hall–Kier alpha value is -2.24. The van der Waals surface area contributed by atoms with E-state index in [1.165, 1.54) is 4.90 Å². The van der Waals surface area contributed by atoms with Crippen LogP contribution in [0.5, 0.6) is 0 Å². The van der Waals surface area contributed by atoms with Gasteiger partial charge in [0, 0.05) is 34.7 Å². The maximum absolute atomic E-state index is 12.5. The average Bonchev–Trinajstić information content (AvgIpc) is 3.03. The molecule has 0 saturated carbocycles. The normalized spacial score (nSPS) is 10.9. The van der Waals surface area contributed by atoms with E-state index in [9.17, 15) is 4.79 Å². The molecule has 0 aliphatic rings. The number of hydrogen-bond acceptors (Lipinski definition) is 4. The molecule has 1 amide bonds. The smallest absolute Gasteiger partial charge is 0.287 e. The van der Waals surface area contributed by atoms with Crippen LogP contribution >= 0.6 is 11.8 Å². The molecule has 25 heavy (non-hydrogen) atoms. The number of fused-ring (bicyclic) bond motifs is 1. The largest absolute Gasteiger partial charge is 0.451 e. The maximum Gasteiger partial charge on any atom is 0.287 e. The van der Waals surface area contributed by atoms with E-state index in [0.29, 0.717) is 31.1 Å². The summed E-state index contributed by atoms with van der Waals surface area (Å²) in [6.45, 7) is 3.47. The second kappa shape index (κ2) is 8.74. The van der Waals surface area contributed by atoms with Crippen molar-refractivity contribution in [1.29, 1.82) is 0 Å². The van der Waals surface area contributed by atoms with Gasteiger partial charge in [0.25, 0.3) is 5.91 Å². The monoisotopic (exact) mass is 355 g/mol. The highest BCUT2D eigenvalue weighted by atomic mass is 32.2. The zero-order chi connectivity index (χ0) is 17.5. The first-order valence-electron chi connectivity index (χ1n) is 8.33. The fourth-order valence-corrected chi connectivity index (χ4v) is 3.35. The van der Waals surface area contributed by atoms with Gasteiger partial charge in [-0.05, 0) is 25.1 Å². The third kappa shape index (κ3) is 4.44. The Bertz CT molecular complexity index is 829. The van der Waals surface area contributed by atoms with Gasteiger partial charge in [-0.3, -0.25) is 4.79 Å². The molecular formula is C20H21NO3S. The zero-order valence-corrected chi connectivity index (χ0v) is 15.0. The van der Waals surface area contributed by atoms with Crippen molar-refractivity contribution in [3.05, 3.63) is 65.9 Å². The van der Waals surface area contributed by atoms with Gasteiger partial charge in [0.2, 0.25) is 0 Å². The molecule has 1 heterocycles. The van der Waals surface area contributed by atoms with Crippen LogP contribution in [0, 0.1) is 0 Å². The van der Waals surface area contributed by atoms with Gasteiger partial charge in [-0.1, -0.05) is 36.4 Å². The van der Waals surface area contributed by atoms with Crippen LogP contribution in [-0.2, 0) is 11.3 Å². The molecule has 5 heteroatoms. The van der Waals surface area contributed by atoms with Crippen molar-refractivity contribution < 1.29 is 13.9 Å². The summed E-state index contributed by atoms with van der Waals surface area (Å²) >= 11 is 1.71. The van der Waals surface area contributed by atoms with E-state index in [4.69, 9.17) is 9.15 Å². The zero-order valence-electron chi connectivity index (χ0n) is 14.2. The van der Waals surface area contributed by atoms with E-state index < -0.39 is 0 Å². The van der Waals surface area contributed by atoms with Gasteiger partial charge in [-0.25, -0.2) is 0 Å². The molecule has 130 valence electrons. The summed E-state index contributed by atoms with van der Waals surface area (Å²) in [4.78, 5) is 13.7. The number of furan rings is 1. The SMILES string of the molecule is CCOCc1c(C(=O)NCCSc2ccccc2)oc2ccccc12. The lowest BCUT2D eigenvalue weighted by Gasteiger charge is -2.06. The summed E-state index contributed by atoms with van der Waals surface area (Å²) in [5.74, 6) is 0.954. The molecule has 0 aliphatic heterocycles. The van der Waals surface area contributed by atoms with E-state index in [1.54, 1.807) is 11.8 Å². The molecule has 0 radical (unpaired) electrons. The predicted octanol–water partition coefficient (Wildman–Crippen LogP) is 4.49. The summed E-state index contributed by atoms with van der Waals surface area (Å²) in [6.07, 6.45) is 0.